The van der Waals surface area contributed by atoms with E-state index >= 15 is 0 Å². The van der Waals surface area contributed by atoms with Crippen molar-refractivity contribution in [2.75, 3.05) is 25.5 Å². The summed E-state index contributed by atoms with van der Waals surface area (Å²) in [5.74, 6) is 1.22. The fourth-order valence-electron chi connectivity index (χ4n) is 2.40. The van der Waals surface area contributed by atoms with Gasteiger partial charge in [-0.3, -0.25) is 9.69 Å². The first kappa shape index (κ1) is 19.2. The molecule has 1 N–H and O–H groups in total. The van der Waals surface area contributed by atoms with Gasteiger partial charge in [-0.25, -0.2) is 4.98 Å². The van der Waals surface area contributed by atoms with Gasteiger partial charge in [-0.2, -0.15) is 0 Å². The molecule has 0 bridgehead atoms. The summed E-state index contributed by atoms with van der Waals surface area (Å²) in [7, 11) is 1.89. The molecule has 0 spiro atoms. The highest BCUT2D eigenvalue weighted by molar-refractivity contribution is 6.30. The van der Waals surface area contributed by atoms with Gasteiger partial charge in [0.1, 0.15) is 18.2 Å². The lowest BCUT2D eigenvalue weighted by Gasteiger charge is -2.23. The van der Waals surface area contributed by atoms with E-state index in [1.54, 1.807) is 12.1 Å². The molecule has 2 rings (SSSR count). The Morgan fingerprint density at radius 2 is 1.96 bits per heavy atom. The lowest BCUT2D eigenvalue weighted by molar-refractivity contribution is -0.120. The maximum atomic E-state index is 12.3. The average molecular weight is 362 g/mol. The molecule has 0 saturated heterocycles. The summed E-state index contributed by atoms with van der Waals surface area (Å²) >= 11 is 5.79. The van der Waals surface area contributed by atoms with Crippen LogP contribution in [0.1, 0.15) is 18.1 Å². The number of anilines is 1. The largest absolute Gasteiger partial charge is 0.492 e. The molecule has 25 heavy (non-hydrogen) atoms. The van der Waals surface area contributed by atoms with Gasteiger partial charge in [0, 0.05) is 12.7 Å². The Kier molecular flexibility index (Phi) is 6.79. The number of hydrogen-bond acceptors (Lipinski definition) is 4. The maximum absolute atomic E-state index is 12.3. The molecule has 134 valence electrons. The quantitative estimate of drug-likeness (QED) is 0.817. The van der Waals surface area contributed by atoms with Gasteiger partial charge in [-0.05, 0) is 63.2 Å². The van der Waals surface area contributed by atoms with Crippen LogP contribution in [0.5, 0.6) is 5.75 Å². The van der Waals surface area contributed by atoms with E-state index in [9.17, 15) is 4.79 Å². The first-order valence-electron chi connectivity index (χ1n) is 8.19. The Balaban J connectivity index is 1.81. The average Bonchev–Trinajstić information content (AvgIpc) is 2.55. The smallest absolute Gasteiger partial charge is 0.242 e. The first-order valence-corrected chi connectivity index (χ1v) is 8.56. The number of carbonyl (C=O) groups is 1. The minimum atomic E-state index is -0.305. The summed E-state index contributed by atoms with van der Waals surface area (Å²) in [4.78, 5) is 18.3. The summed E-state index contributed by atoms with van der Waals surface area (Å²) in [6, 6.07) is 9.19. The van der Waals surface area contributed by atoms with Crippen molar-refractivity contribution in [1.82, 2.24) is 9.88 Å². The number of aromatic nitrogens is 1. The lowest BCUT2D eigenvalue weighted by Crippen LogP contribution is -2.41. The number of aryl methyl sites for hydroxylation is 2. The monoisotopic (exact) mass is 361 g/mol. The van der Waals surface area contributed by atoms with Crippen LogP contribution in [0, 0.1) is 13.8 Å². The van der Waals surface area contributed by atoms with Crippen molar-refractivity contribution in [3.8, 4) is 5.75 Å². The molecule has 1 heterocycles. The van der Waals surface area contributed by atoms with Crippen LogP contribution >= 0.6 is 11.6 Å². The maximum Gasteiger partial charge on any atom is 0.242 e. The number of nitrogens with one attached hydrogen (secondary N) is 1. The van der Waals surface area contributed by atoms with Crippen LogP contribution in [0.3, 0.4) is 0 Å². The minimum Gasteiger partial charge on any atom is -0.492 e. The SMILES string of the molecule is Cc1cc(C)cc(OCCN(C)C(C)C(=O)Nc2ccc(Cl)cn2)c1. The number of hydrogen-bond donors (Lipinski definition) is 1. The standard InChI is InChI=1S/C19H24ClN3O2/c1-13-9-14(2)11-17(10-13)25-8-7-23(4)15(3)19(24)22-18-6-5-16(20)12-21-18/h5-6,9-12,15H,7-8H2,1-4H3,(H,21,22,24). The minimum absolute atomic E-state index is 0.122. The Hall–Kier alpha value is -2.11. The van der Waals surface area contributed by atoms with Crippen molar-refractivity contribution in [1.29, 1.82) is 0 Å². The van der Waals surface area contributed by atoms with Crippen molar-refractivity contribution in [3.63, 3.8) is 0 Å². The van der Waals surface area contributed by atoms with Crippen LogP contribution in [0.2, 0.25) is 5.02 Å². The molecule has 1 aromatic carbocycles. The fraction of sp³-hybridized carbons (Fsp3) is 0.368. The first-order chi connectivity index (χ1) is 11.8. The number of pyridine rings is 1. The zero-order valence-corrected chi connectivity index (χ0v) is 15.8. The van der Waals surface area contributed by atoms with Gasteiger partial charge in [0.15, 0.2) is 0 Å². The number of benzene rings is 1. The van der Waals surface area contributed by atoms with E-state index in [0.29, 0.717) is 24.0 Å². The third kappa shape index (κ3) is 6.03. The molecule has 1 amide bonds. The second-order valence-corrected chi connectivity index (χ2v) is 6.62. The number of likely N-dealkylation sites (N-methyl/N-ethyl adjacent to an activating group) is 1. The fourth-order valence-corrected chi connectivity index (χ4v) is 2.51. The van der Waals surface area contributed by atoms with E-state index < -0.39 is 0 Å². The molecule has 0 saturated carbocycles. The van der Waals surface area contributed by atoms with Gasteiger partial charge in [-0.1, -0.05) is 17.7 Å². The van der Waals surface area contributed by atoms with Gasteiger partial charge in [0.05, 0.1) is 11.1 Å². The van der Waals surface area contributed by atoms with Crippen molar-refractivity contribution in [2.45, 2.75) is 26.8 Å². The van der Waals surface area contributed by atoms with Crippen LogP contribution < -0.4 is 10.1 Å². The molecule has 0 fully saturated rings. The number of carbonyl (C=O) groups excluding carboxylic acids is 1. The number of nitrogens with zero attached hydrogens (tertiary/aromatic N) is 2. The van der Waals surface area contributed by atoms with Crippen LogP contribution in [0.4, 0.5) is 5.82 Å². The van der Waals surface area contributed by atoms with Crippen molar-refractivity contribution < 1.29 is 9.53 Å². The Morgan fingerprint density at radius 1 is 1.28 bits per heavy atom. The van der Waals surface area contributed by atoms with E-state index in [4.69, 9.17) is 16.3 Å². The number of amides is 1. The van der Waals surface area contributed by atoms with Crippen LogP contribution in [-0.2, 0) is 4.79 Å². The normalized spacial score (nSPS) is 12.1. The second kappa shape index (κ2) is 8.83. The molecule has 0 aliphatic carbocycles. The molecule has 0 radical (unpaired) electrons. The topological polar surface area (TPSA) is 54.5 Å². The van der Waals surface area contributed by atoms with Gasteiger partial charge in [-0.15, -0.1) is 0 Å². The summed E-state index contributed by atoms with van der Waals surface area (Å²) < 4.78 is 5.80. The van der Waals surface area contributed by atoms with Gasteiger partial charge in [0.25, 0.3) is 0 Å². The van der Waals surface area contributed by atoms with Crippen molar-refractivity contribution in [2.24, 2.45) is 0 Å². The summed E-state index contributed by atoms with van der Waals surface area (Å²) in [6.07, 6.45) is 1.50. The number of ether oxygens (including phenoxy) is 1. The predicted octanol–water partition coefficient (Wildman–Crippen LogP) is 3.69. The van der Waals surface area contributed by atoms with E-state index in [0.717, 1.165) is 5.75 Å². The second-order valence-electron chi connectivity index (χ2n) is 6.18. The van der Waals surface area contributed by atoms with E-state index in [1.807, 2.05) is 44.9 Å². The van der Waals surface area contributed by atoms with E-state index in [1.165, 1.54) is 17.3 Å². The summed E-state index contributed by atoms with van der Waals surface area (Å²) in [6.45, 7) is 7.08. The molecule has 2 aromatic rings. The summed E-state index contributed by atoms with van der Waals surface area (Å²) in [5, 5.41) is 3.32. The Labute approximate surface area is 154 Å². The zero-order valence-electron chi connectivity index (χ0n) is 15.0. The highest BCUT2D eigenvalue weighted by Crippen LogP contribution is 2.16. The molecule has 1 atom stereocenters. The van der Waals surface area contributed by atoms with Crippen LogP contribution in [-0.4, -0.2) is 42.0 Å². The molecule has 1 unspecified atom stereocenters. The molecule has 6 heteroatoms. The highest BCUT2D eigenvalue weighted by atomic mass is 35.5. The van der Waals surface area contributed by atoms with Gasteiger partial charge >= 0.3 is 0 Å². The van der Waals surface area contributed by atoms with Gasteiger partial charge < -0.3 is 10.1 Å². The predicted molar refractivity (Wildman–Crippen MR) is 101 cm³/mol. The van der Waals surface area contributed by atoms with Crippen molar-refractivity contribution in [3.05, 3.63) is 52.7 Å². The zero-order chi connectivity index (χ0) is 18.4. The molecular formula is C19H24ClN3O2. The Bertz CT molecular complexity index is 699. The molecular weight excluding hydrogens is 338 g/mol. The molecule has 0 aliphatic rings. The van der Waals surface area contributed by atoms with Crippen LogP contribution in [0.15, 0.2) is 36.5 Å². The van der Waals surface area contributed by atoms with E-state index in [2.05, 4.69) is 16.4 Å². The number of halogens is 1. The number of rotatable bonds is 7. The lowest BCUT2D eigenvalue weighted by atomic mass is 10.1. The molecule has 0 aliphatic heterocycles. The summed E-state index contributed by atoms with van der Waals surface area (Å²) in [5.41, 5.74) is 2.35. The van der Waals surface area contributed by atoms with Gasteiger partial charge in [0.2, 0.25) is 5.91 Å². The van der Waals surface area contributed by atoms with Crippen LogP contribution in [0.25, 0.3) is 0 Å². The third-order valence-electron chi connectivity index (χ3n) is 3.93. The van der Waals surface area contributed by atoms with Crippen molar-refractivity contribution >= 4 is 23.3 Å². The Morgan fingerprint density at radius 3 is 2.56 bits per heavy atom. The highest BCUT2D eigenvalue weighted by Gasteiger charge is 2.18. The third-order valence-corrected chi connectivity index (χ3v) is 4.15. The molecule has 1 aromatic heterocycles. The van der Waals surface area contributed by atoms with E-state index in [-0.39, 0.29) is 11.9 Å². The molecule has 5 nitrogen and oxygen atoms in total.